The Hall–Kier alpha value is -2.16. The van der Waals surface area contributed by atoms with E-state index in [1.54, 1.807) is 6.07 Å². The number of ether oxygens (including phenoxy) is 1. The summed E-state index contributed by atoms with van der Waals surface area (Å²) in [6.07, 6.45) is 1.37. The van der Waals surface area contributed by atoms with Crippen LogP contribution in [0.15, 0.2) is 48.5 Å². The van der Waals surface area contributed by atoms with Crippen molar-refractivity contribution in [3.63, 3.8) is 0 Å². The molecule has 0 aliphatic heterocycles. The Morgan fingerprint density at radius 1 is 1.14 bits per heavy atom. The lowest BCUT2D eigenvalue weighted by Crippen LogP contribution is -2.16. The molecule has 116 valence electrons. The molecule has 0 heterocycles. The van der Waals surface area contributed by atoms with Gasteiger partial charge in [0, 0.05) is 5.56 Å². The number of hydrogen-bond donors (Lipinski definition) is 0. The highest BCUT2D eigenvalue weighted by atomic mass is 19.1. The number of carbonyl (C=O) groups is 1. The molecule has 1 atom stereocenters. The lowest BCUT2D eigenvalue weighted by Gasteiger charge is -2.15. The third kappa shape index (κ3) is 3.73. The maximum atomic E-state index is 14.4. The van der Waals surface area contributed by atoms with Crippen LogP contribution < -0.4 is 0 Å². The molecule has 2 rings (SSSR count). The van der Waals surface area contributed by atoms with Crippen LogP contribution in [0.1, 0.15) is 38.2 Å². The molecular formula is C19H21FO2. The summed E-state index contributed by atoms with van der Waals surface area (Å²) in [6, 6.07) is 14.4. The molecule has 0 saturated heterocycles. The molecular weight excluding hydrogens is 279 g/mol. The zero-order valence-corrected chi connectivity index (χ0v) is 13.0. The van der Waals surface area contributed by atoms with Gasteiger partial charge in [-0.15, -0.1) is 0 Å². The highest BCUT2D eigenvalue weighted by molar-refractivity contribution is 5.78. The average Bonchev–Trinajstić information content (AvgIpc) is 2.54. The monoisotopic (exact) mass is 300 g/mol. The van der Waals surface area contributed by atoms with Gasteiger partial charge in [-0.1, -0.05) is 56.3 Å². The molecule has 0 amide bonds. The first-order chi connectivity index (χ1) is 10.7. The summed E-state index contributed by atoms with van der Waals surface area (Å²) in [4.78, 5) is 12.1. The second-order valence-electron chi connectivity index (χ2n) is 5.23. The molecule has 0 N–H and O–H groups in total. The standard InChI is InChI=1S/C19H21FO2/c1-3-12-22-19(21)16(4-2)15-10-11-17(18(20)13-15)14-8-6-5-7-9-14/h5-11,13,16H,3-4,12H2,1-2H3. The Morgan fingerprint density at radius 2 is 1.86 bits per heavy atom. The highest BCUT2D eigenvalue weighted by Crippen LogP contribution is 2.28. The van der Waals surface area contributed by atoms with Crippen LogP contribution in [0.25, 0.3) is 11.1 Å². The third-order valence-corrected chi connectivity index (χ3v) is 3.62. The number of esters is 1. The van der Waals surface area contributed by atoms with Crippen LogP contribution in [0.2, 0.25) is 0 Å². The second-order valence-corrected chi connectivity index (χ2v) is 5.23. The number of carbonyl (C=O) groups excluding carboxylic acids is 1. The van der Waals surface area contributed by atoms with E-state index in [-0.39, 0.29) is 11.8 Å². The Kier molecular flexibility index (Phi) is 5.70. The Balaban J connectivity index is 2.26. The van der Waals surface area contributed by atoms with E-state index in [0.717, 1.165) is 12.0 Å². The van der Waals surface area contributed by atoms with Crippen LogP contribution in [0.4, 0.5) is 4.39 Å². The first-order valence-electron chi connectivity index (χ1n) is 7.68. The molecule has 0 radical (unpaired) electrons. The van der Waals surface area contributed by atoms with Gasteiger partial charge < -0.3 is 4.74 Å². The van der Waals surface area contributed by atoms with Gasteiger partial charge in [0.1, 0.15) is 5.82 Å². The van der Waals surface area contributed by atoms with Crippen molar-refractivity contribution in [1.82, 2.24) is 0 Å². The molecule has 0 aromatic heterocycles. The van der Waals surface area contributed by atoms with Gasteiger partial charge >= 0.3 is 5.97 Å². The van der Waals surface area contributed by atoms with E-state index < -0.39 is 5.92 Å². The van der Waals surface area contributed by atoms with Crippen molar-refractivity contribution in [3.05, 3.63) is 59.9 Å². The van der Waals surface area contributed by atoms with Crippen molar-refractivity contribution < 1.29 is 13.9 Å². The van der Waals surface area contributed by atoms with E-state index in [0.29, 0.717) is 24.2 Å². The Morgan fingerprint density at radius 3 is 2.45 bits per heavy atom. The minimum Gasteiger partial charge on any atom is -0.465 e. The van der Waals surface area contributed by atoms with Crippen molar-refractivity contribution in [3.8, 4) is 11.1 Å². The normalized spacial score (nSPS) is 12.0. The van der Waals surface area contributed by atoms with Crippen LogP contribution in [0.3, 0.4) is 0 Å². The predicted octanol–water partition coefficient (Wildman–Crippen LogP) is 4.94. The summed E-state index contributed by atoms with van der Waals surface area (Å²) >= 11 is 0. The van der Waals surface area contributed by atoms with E-state index in [4.69, 9.17) is 4.74 Å². The van der Waals surface area contributed by atoms with Crippen molar-refractivity contribution in [2.45, 2.75) is 32.6 Å². The SMILES string of the molecule is CCCOC(=O)C(CC)c1ccc(-c2ccccc2)c(F)c1. The fraction of sp³-hybridized carbons (Fsp3) is 0.316. The largest absolute Gasteiger partial charge is 0.465 e. The van der Waals surface area contributed by atoms with E-state index in [9.17, 15) is 9.18 Å². The fourth-order valence-corrected chi connectivity index (χ4v) is 2.44. The zero-order chi connectivity index (χ0) is 15.9. The topological polar surface area (TPSA) is 26.3 Å². The van der Waals surface area contributed by atoms with Gasteiger partial charge in [-0.3, -0.25) is 4.79 Å². The minimum absolute atomic E-state index is 0.281. The fourth-order valence-electron chi connectivity index (χ4n) is 2.44. The lowest BCUT2D eigenvalue weighted by molar-refractivity contribution is -0.145. The maximum absolute atomic E-state index is 14.4. The summed E-state index contributed by atoms with van der Waals surface area (Å²) in [7, 11) is 0. The molecule has 2 aromatic rings. The van der Waals surface area contributed by atoms with Crippen molar-refractivity contribution in [2.24, 2.45) is 0 Å². The molecule has 0 spiro atoms. The number of benzene rings is 2. The van der Waals surface area contributed by atoms with E-state index in [1.165, 1.54) is 6.07 Å². The van der Waals surface area contributed by atoms with E-state index >= 15 is 0 Å². The summed E-state index contributed by atoms with van der Waals surface area (Å²) in [5.74, 6) is -1.01. The smallest absolute Gasteiger partial charge is 0.313 e. The molecule has 0 aliphatic rings. The van der Waals surface area contributed by atoms with Crippen LogP contribution in [0.5, 0.6) is 0 Å². The van der Waals surface area contributed by atoms with Crippen LogP contribution in [-0.4, -0.2) is 12.6 Å². The van der Waals surface area contributed by atoms with Gasteiger partial charge in [-0.2, -0.15) is 0 Å². The third-order valence-electron chi connectivity index (χ3n) is 3.62. The first kappa shape index (κ1) is 16.2. The quantitative estimate of drug-likeness (QED) is 0.706. The minimum atomic E-state index is -0.411. The average molecular weight is 300 g/mol. The van der Waals surface area contributed by atoms with Crippen molar-refractivity contribution >= 4 is 5.97 Å². The number of hydrogen-bond acceptors (Lipinski definition) is 2. The predicted molar refractivity (Wildman–Crippen MR) is 86.1 cm³/mol. The Bertz CT molecular complexity index is 623. The van der Waals surface area contributed by atoms with Crippen LogP contribution >= 0.6 is 0 Å². The summed E-state index contributed by atoms with van der Waals surface area (Å²) in [5, 5.41) is 0. The molecule has 0 fully saturated rings. The summed E-state index contributed by atoms with van der Waals surface area (Å²) < 4.78 is 19.6. The molecule has 0 bridgehead atoms. The lowest BCUT2D eigenvalue weighted by atomic mass is 9.94. The van der Waals surface area contributed by atoms with Gasteiger partial charge in [-0.25, -0.2) is 4.39 Å². The van der Waals surface area contributed by atoms with Gasteiger partial charge in [0.05, 0.1) is 12.5 Å². The summed E-state index contributed by atoms with van der Waals surface area (Å²) in [5.41, 5.74) is 2.04. The van der Waals surface area contributed by atoms with Crippen LogP contribution in [0, 0.1) is 5.82 Å². The van der Waals surface area contributed by atoms with Gasteiger partial charge in [0.15, 0.2) is 0 Å². The second kappa shape index (κ2) is 7.74. The van der Waals surface area contributed by atoms with Gasteiger partial charge in [0.25, 0.3) is 0 Å². The van der Waals surface area contributed by atoms with Gasteiger partial charge in [0.2, 0.25) is 0 Å². The molecule has 1 unspecified atom stereocenters. The summed E-state index contributed by atoms with van der Waals surface area (Å²) in [6.45, 7) is 4.25. The van der Waals surface area contributed by atoms with Crippen LogP contribution in [-0.2, 0) is 9.53 Å². The van der Waals surface area contributed by atoms with Crippen molar-refractivity contribution in [2.75, 3.05) is 6.61 Å². The molecule has 3 heteroatoms. The highest BCUT2D eigenvalue weighted by Gasteiger charge is 2.21. The number of rotatable bonds is 6. The van der Waals surface area contributed by atoms with E-state index in [2.05, 4.69) is 0 Å². The molecule has 2 nitrogen and oxygen atoms in total. The molecule has 0 saturated carbocycles. The molecule has 22 heavy (non-hydrogen) atoms. The first-order valence-corrected chi connectivity index (χ1v) is 7.68. The zero-order valence-electron chi connectivity index (χ0n) is 13.0. The Labute approximate surface area is 130 Å². The van der Waals surface area contributed by atoms with Gasteiger partial charge in [-0.05, 0) is 30.0 Å². The molecule has 2 aromatic carbocycles. The molecule has 0 aliphatic carbocycles. The van der Waals surface area contributed by atoms with E-state index in [1.807, 2.05) is 50.2 Å². The van der Waals surface area contributed by atoms with Crippen molar-refractivity contribution in [1.29, 1.82) is 0 Å². The maximum Gasteiger partial charge on any atom is 0.313 e. The number of halogens is 1.